The molecule has 1 aromatic carbocycles. The van der Waals surface area contributed by atoms with Crippen LogP contribution in [0.25, 0.3) is 10.9 Å². The van der Waals surface area contributed by atoms with Crippen LogP contribution in [0.2, 0.25) is 0 Å². The van der Waals surface area contributed by atoms with Crippen molar-refractivity contribution >= 4 is 20.9 Å². The van der Waals surface area contributed by atoms with Crippen LogP contribution in [-0.4, -0.2) is 18.4 Å². The molecule has 2 N–H and O–H groups in total. The standard InChI is InChI=1S/C14H13N3O2S/c18-20(19,17-10-11-6-8-15-9-11)14-5-1-4-13-12(14)3-2-7-16-13/h1-9,15,17H,10H2. The zero-order valence-corrected chi connectivity index (χ0v) is 11.4. The fraction of sp³-hybridized carbons (Fsp3) is 0.0714. The predicted molar refractivity (Wildman–Crippen MR) is 76.6 cm³/mol. The van der Waals surface area contributed by atoms with Crippen molar-refractivity contribution in [2.45, 2.75) is 11.4 Å². The van der Waals surface area contributed by atoms with E-state index in [-0.39, 0.29) is 11.4 Å². The van der Waals surface area contributed by atoms with Crippen LogP contribution < -0.4 is 4.72 Å². The minimum Gasteiger partial charge on any atom is -0.367 e. The Bertz CT molecular complexity index is 821. The highest BCUT2D eigenvalue weighted by molar-refractivity contribution is 7.89. The van der Waals surface area contributed by atoms with Gasteiger partial charge in [-0.15, -0.1) is 0 Å². The molecule has 0 aliphatic rings. The summed E-state index contributed by atoms with van der Waals surface area (Å²) in [6.45, 7) is 0.252. The molecule has 6 heteroatoms. The lowest BCUT2D eigenvalue weighted by molar-refractivity contribution is 0.582. The number of benzene rings is 1. The molecule has 0 unspecified atom stereocenters. The molecule has 5 nitrogen and oxygen atoms in total. The topological polar surface area (TPSA) is 74.8 Å². The summed E-state index contributed by atoms with van der Waals surface area (Å²) in [6, 6.07) is 10.4. The predicted octanol–water partition coefficient (Wildman–Crippen LogP) is 2.04. The number of fused-ring (bicyclic) bond motifs is 1. The van der Waals surface area contributed by atoms with Gasteiger partial charge in [-0.05, 0) is 35.9 Å². The molecular formula is C14H13N3O2S. The summed E-state index contributed by atoms with van der Waals surface area (Å²) in [4.78, 5) is 7.31. The minimum atomic E-state index is -3.57. The van der Waals surface area contributed by atoms with Crippen LogP contribution in [0, 0.1) is 0 Å². The number of sulfonamides is 1. The second kappa shape index (κ2) is 5.07. The smallest absolute Gasteiger partial charge is 0.241 e. The van der Waals surface area contributed by atoms with Crippen molar-refractivity contribution in [3.63, 3.8) is 0 Å². The Kier molecular flexibility index (Phi) is 3.25. The zero-order valence-electron chi connectivity index (χ0n) is 10.6. The van der Waals surface area contributed by atoms with Gasteiger partial charge in [0.15, 0.2) is 0 Å². The largest absolute Gasteiger partial charge is 0.367 e. The number of pyridine rings is 1. The molecular weight excluding hydrogens is 274 g/mol. The van der Waals surface area contributed by atoms with Crippen LogP contribution >= 0.6 is 0 Å². The Balaban J connectivity index is 1.97. The lowest BCUT2D eigenvalue weighted by atomic mass is 10.2. The summed E-state index contributed by atoms with van der Waals surface area (Å²) in [5.74, 6) is 0. The maximum Gasteiger partial charge on any atom is 0.241 e. The molecule has 0 saturated carbocycles. The molecule has 0 aliphatic carbocycles. The Hall–Kier alpha value is -2.18. The molecule has 0 amide bonds. The number of aromatic nitrogens is 2. The zero-order chi connectivity index (χ0) is 14.0. The van der Waals surface area contributed by atoms with E-state index in [9.17, 15) is 8.42 Å². The first-order valence-corrected chi connectivity index (χ1v) is 7.60. The van der Waals surface area contributed by atoms with Crippen molar-refractivity contribution < 1.29 is 8.42 Å². The number of nitrogens with zero attached hydrogens (tertiary/aromatic N) is 1. The molecule has 0 aliphatic heterocycles. The monoisotopic (exact) mass is 287 g/mol. The van der Waals surface area contributed by atoms with Crippen molar-refractivity contribution in [2.75, 3.05) is 0 Å². The molecule has 3 aromatic rings. The van der Waals surface area contributed by atoms with E-state index in [1.807, 2.05) is 6.07 Å². The van der Waals surface area contributed by atoms with Crippen molar-refractivity contribution in [3.8, 4) is 0 Å². The fourth-order valence-electron chi connectivity index (χ4n) is 2.03. The second-order valence-electron chi connectivity index (χ2n) is 4.37. The van der Waals surface area contributed by atoms with Gasteiger partial charge in [-0.25, -0.2) is 13.1 Å². The van der Waals surface area contributed by atoms with E-state index >= 15 is 0 Å². The normalized spacial score (nSPS) is 11.8. The molecule has 2 aromatic heterocycles. The number of H-pyrrole nitrogens is 1. The van der Waals surface area contributed by atoms with Crippen LogP contribution in [0.4, 0.5) is 0 Å². The third-order valence-electron chi connectivity index (χ3n) is 3.02. The molecule has 102 valence electrons. The van der Waals surface area contributed by atoms with Crippen molar-refractivity contribution in [1.82, 2.24) is 14.7 Å². The minimum absolute atomic E-state index is 0.249. The SMILES string of the molecule is O=S(=O)(NCc1cc[nH]c1)c1cccc2ncccc12. The molecule has 0 saturated heterocycles. The van der Waals surface area contributed by atoms with Gasteiger partial charge >= 0.3 is 0 Å². The van der Waals surface area contributed by atoms with E-state index in [0.29, 0.717) is 10.9 Å². The molecule has 0 radical (unpaired) electrons. The van der Waals surface area contributed by atoms with Crippen LogP contribution in [-0.2, 0) is 16.6 Å². The summed E-state index contributed by atoms with van der Waals surface area (Å²) < 4.78 is 27.4. The van der Waals surface area contributed by atoms with Gasteiger partial charge in [0.1, 0.15) is 0 Å². The third-order valence-corrected chi connectivity index (χ3v) is 4.48. The first-order valence-electron chi connectivity index (χ1n) is 6.12. The summed E-state index contributed by atoms with van der Waals surface area (Å²) >= 11 is 0. The summed E-state index contributed by atoms with van der Waals surface area (Å²) in [7, 11) is -3.57. The van der Waals surface area contributed by atoms with Gasteiger partial charge in [0, 0.05) is 30.5 Å². The molecule has 20 heavy (non-hydrogen) atoms. The van der Waals surface area contributed by atoms with Crippen LogP contribution in [0.3, 0.4) is 0 Å². The number of nitrogens with one attached hydrogen (secondary N) is 2. The fourth-order valence-corrected chi connectivity index (χ4v) is 3.27. The quantitative estimate of drug-likeness (QED) is 0.771. The highest BCUT2D eigenvalue weighted by atomic mass is 32.2. The number of rotatable bonds is 4. The van der Waals surface area contributed by atoms with Crippen LogP contribution in [0.5, 0.6) is 0 Å². The van der Waals surface area contributed by atoms with E-state index in [1.54, 1.807) is 48.9 Å². The van der Waals surface area contributed by atoms with Gasteiger partial charge in [-0.2, -0.15) is 0 Å². The maximum atomic E-state index is 12.4. The number of aromatic amines is 1. The number of hydrogen-bond acceptors (Lipinski definition) is 3. The average Bonchev–Trinajstić information content (AvgIpc) is 2.98. The van der Waals surface area contributed by atoms with Crippen LogP contribution in [0.1, 0.15) is 5.56 Å². The van der Waals surface area contributed by atoms with Gasteiger partial charge < -0.3 is 4.98 Å². The first kappa shape index (κ1) is 12.8. The molecule has 0 fully saturated rings. The second-order valence-corrected chi connectivity index (χ2v) is 6.11. The van der Waals surface area contributed by atoms with E-state index in [2.05, 4.69) is 14.7 Å². The van der Waals surface area contributed by atoms with Crippen LogP contribution in [0.15, 0.2) is 59.9 Å². The van der Waals surface area contributed by atoms with Gasteiger partial charge in [0.25, 0.3) is 0 Å². The highest BCUT2D eigenvalue weighted by Crippen LogP contribution is 2.21. The molecule has 3 rings (SSSR count). The summed E-state index contributed by atoms with van der Waals surface area (Å²) in [6.07, 6.45) is 5.16. The Morgan fingerprint density at radius 1 is 1.15 bits per heavy atom. The van der Waals surface area contributed by atoms with Crippen molar-refractivity contribution in [1.29, 1.82) is 0 Å². The molecule has 2 heterocycles. The van der Waals surface area contributed by atoms with Gasteiger partial charge in [-0.1, -0.05) is 6.07 Å². The maximum absolute atomic E-state index is 12.4. The van der Waals surface area contributed by atoms with E-state index in [4.69, 9.17) is 0 Å². The Morgan fingerprint density at radius 3 is 2.85 bits per heavy atom. The van der Waals surface area contributed by atoms with Gasteiger partial charge in [0.05, 0.1) is 10.4 Å². The van der Waals surface area contributed by atoms with Crippen molar-refractivity contribution in [2.24, 2.45) is 0 Å². The Morgan fingerprint density at radius 2 is 2.05 bits per heavy atom. The lowest BCUT2D eigenvalue weighted by Crippen LogP contribution is -2.23. The van der Waals surface area contributed by atoms with Crippen molar-refractivity contribution in [3.05, 3.63) is 60.6 Å². The molecule has 0 atom stereocenters. The van der Waals surface area contributed by atoms with E-state index in [1.165, 1.54) is 0 Å². The Labute approximate surface area is 116 Å². The average molecular weight is 287 g/mol. The molecule has 0 bridgehead atoms. The first-order chi connectivity index (χ1) is 9.67. The summed E-state index contributed by atoms with van der Waals surface area (Å²) in [5, 5.41) is 0.622. The lowest BCUT2D eigenvalue weighted by Gasteiger charge is -2.08. The van der Waals surface area contributed by atoms with Gasteiger partial charge in [-0.3, -0.25) is 4.98 Å². The van der Waals surface area contributed by atoms with E-state index in [0.717, 1.165) is 5.56 Å². The summed E-state index contributed by atoms with van der Waals surface area (Å²) in [5.41, 5.74) is 1.55. The number of hydrogen-bond donors (Lipinski definition) is 2. The highest BCUT2D eigenvalue weighted by Gasteiger charge is 2.17. The van der Waals surface area contributed by atoms with E-state index < -0.39 is 10.0 Å². The molecule has 0 spiro atoms. The third kappa shape index (κ3) is 2.43. The van der Waals surface area contributed by atoms with Gasteiger partial charge in [0.2, 0.25) is 10.0 Å².